The number of fused-ring (bicyclic) bond motifs is 1. The number of halogens is 1. The minimum absolute atomic E-state index is 0.260. The van der Waals surface area contributed by atoms with Gasteiger partial charge in [-0.2, -0.15) is 0 Å². The van der Waals surface area contributed by atoms with E-state index in [0.29, 0.717) is 29.3 Å². The van der Waals surface area contributed by atoms with Crippen LogP contribution in [0.15, 0.2) is 65.1 Å². The predicted molar refractivity (Wildman–Crippen MR) is 139 cm³/mol. The molecule has 1 aliphatic heterocycles. The van der Waals surface area contributed by atoms with E-state index in [0.717, 1.165) is 27.6 Å². The average molecular weight is 520 g/mol. The van der Waals surface area contributed by atoms with Gasteiger partial charge in [0.05, 0.1) is 18.7 Å². The highest BCUT2D eigenvalue weighted by Crippen LogP contribution is 2.45. The van der Waals surface area contributed by atoms with Crippen molar-refractivity contribution < 1.29 is 14.7 Å². The molecule has 0 saturated carbocycles. The Morgan fingerprint density at radius 1 is 1.06 bits per heavy atom. The van der Waals surface area contributed by atoms with Crippen molar-refractivity contribution in [3.05, 3.63) is 98.5 Å². The molecule has 176 valence electrons. The number of carbonyl (C=O) groups excluding carboxylic acids is 2. The van der Waals surface area contributed by atoms with Crippen molar-refractivity contribution in [3.8, 4) is 0 Å². The molecule has 1 atom stereocenters. The average Bonchev–Trinajstić information content (AvgIpc) is 3.01. The lowest BCUT2D eigenvalue weighted by Crippen LogP contribution is -2.41. The third-order valence-corrected chi connectivity index (χ3v) is 7.26. The molecule has 0 saturated heterocycles. The van der Waals surface area contributed by atoms with Crippen LogP contribution in [0.25, 0.3) is 0 Å². The maximum absolute atomic E-state index is 13.7. The molecule has 0 aliphatic carbocycles. The Balaban J connectivity index is 1.70. The van der Waals surface area contributed by atoms with Crippen LogP contribution in [0.2, 0.25) is 0 Å². The Morgan fingerprint density at radius 3 is 2.41 bits per heavy atom. The Hall–Kier alpha value is -2.76. The Morgan fingerprint density at radius 2 is 1.76 bits per heavy atom. The largest absolute Gasteiger partial charge is 0.375 e. The highest BCUT2D eigenvalue weighted by Gasteiger charge is 2.51. The molecule has 3 aromatic rings. The molecule has 0 fully saturated rings. The summed E-state index contributed by atoms with van der Waals surface area (Å²) in [4.78, 5) is 28.5. The lowest BCUT2D eigenvalue weighted by Gasteiger charge is -2.24. The summed E-state index contributed by atoms with van der Waals surface area (Å²) in [7, 11) is 0. The SMILES string of the molecule is CCc1ccc(C(=O)CC2(O)C(=O)N(Cc3cc(C(C)C)ccc3C)c3ccc(Br)cc32)cc1. The summed E-state index contributed by atoms with van der Waals surface area (Å²) in [6, 6.07) is 19.1. The highest BCUT2D eigenvalue weighted by molar-refractivity contribution is 9.10. The Bertz CT molecular complexity index is 1250. The summed E-state index contributed by atoms with van der Waals surface area (Å²) >= 11 is 3.46. The summed E-state index contributed by atoms with van der Waals surface area (Å²) < 4.78 is 0.747. The van der Waals surface area contributed by atoms with Crippen molar-refractivity contribution >= 4 is 33.3 Å². The number of anilines is 1. The Labute approximate surface area is 209 Å². The second-order valence-corrected chi connectivity index (χ2v) is 10.3. The normalized spacial score (nSPS) is 17.4. The highest BCUT2D eigenvalue weighted by atomic mass is 79.9. The lowest BCUT2D eigenvalue weighted by atomic mass is 9.88. The monoisotopic (exact) mass is 519 g/mol. The predicted octanol–water partition coefficient (Wildman–Crippen LogP) is 6.45. The number of hydrogen-bond acceptors (Lipinski definition) is 3. The van der Waals surface area contributed by atoms with Crippen LogP contribution in [0.1, 0.15) is 71.3 Å². The first-order valence-electron chi connectivity index (χ1n) is 11.7. The summed E-state index contributed by atoms with van der Waals surface area (Å²) in [6.07, 6.45) is 0.576. The molecule has 1 heterocycles. The fraction of sp³-hybridized carbons (Fsp3) is 0.310. The molecule has 1 N–H and O–H groups in total. The minimum atomic E-state index is -1.91. The standard InChI is InChI=1S/C29H30BrNO3/c1-5-20-7-10-21(11-8-20)27(32)16-29(34)25-15-24(30)12-13-26(25)31(28(29)33)17-23-14-22(18(2)3)9-6-19(23)4/h6-15,18,34H,5,16-17H2,1-4H3. The van der Waals surface area contributed by atoms with Gasteiger partial charge in [0.25, 0.3) is 5.91 Å². The van der Waals surface area contributed by atoms with Gasteiger partial charge in [-0.25, -0.2) is 0 Å². The molecule has 4 nitrogen and oxygen atoms in total. The van der Waals surface area contributed by atoms with E-state index in [2.05, 4.69) is 54.9 Å². The molecule has 0 radical (unpaired) electrons. The van der Waals surface area contributed by atoms with Crippen LogP contribution in [0.4, 0.5) is 5.69 Å². The molecule has 4 rings (SSSR count). The number of carbonyl (C=O) groups is 2. The topological polar surface area (TPSA) is 57.6 Å². The first-order chi connectivity index (χ1) is 16.1. The summed E-state index contributed by atoms with van der Waals surface area (Å²) in [5.41, 5.74) is 4.12. The third kappa shape index (κ3) is 4.47. The van der Waals surface area contributed by atoms with Crippen LogP contribution in [0, 0.1) is 6.92 Å². The van der Waals surface area contributed by atoms with E-state index >= 15 is 0 Å². The molecule has 1 amide bonds. The van der Waals surface area contributed by atoms with Gasteiger partial charge in [0, 0.05) is 15.6 Å². The van der Waals surface area contributed by atoms with Crippen LogP contribution in [0.3, 0.4) is 0 Å². The number of ketones is 1. The molecule has 34 heavy (non-hydrogen) atoms. The van der Waals surface area contributed by atoms with Crippen molar-refractivity contribution in [2.45, 2.75) is 58.6 Å². The first-order valence-corrected chi connectivity index (χ1v) is 12.5. The fourth-order valence-corrected chi connectivity index (χ4v) is 4.86. The lowest BCUT2D eigenvalue weighted by molar-refractivity contribution is -0.136. The molecular formula is C29H30BrNO3. The summed E-state index contributed by atoms with van der Waals surface area (Å²) in [5.74, 6) is -0.358. The molecule has 1 unspecified atom stereocenters. The molecule has 5 heteroatoms. The zero-order valence-corrected chi connectivity index (χ0v) is 21.6. The smallest absolute Gasteiger partial charge is 0.264 e. The Kier molecular flexibility index (Phi) is 6.79. The second kappa shape index (κ2) is 9.47. The number of Topliss-reactive ketones (excluding diaryl/α,β-unsaturated/α-hetero) is 1. The van der Waals surface area contributed by atoms with Crippen molar-refractivity contribution in [1.29, 1.82) is 0 Å². The van der Waals surface area contributed by atoms with Crippen LogP contribution in [-0.2, 0) is 23.4 Å². The second-order valence-electron chi connectivity index (χ2n) is 9.40. The van der Waals surface area contributed by atoms with E-state index in [1.54, 1.807) is 23.1 Å². The molecule has 3 aromatic carbocycles. The van der Waals surface area contributed by atoms with Crippen molar-refractivity contribution in [3.63, 3.8) is 0 Å². The van der Waals surface area contributed by atoms with E-state index in [-0.39, 0.29) is 12.2 Å². The van der Waals surface area contributed by atoms with Gasteiger partial charge in [-0.05, 0) is 59.7 Å². The molecule has 0 aromatic heterocycles. The van der Waals surface area contributed by atoms with Gasteiger partial charge in [0.15, 0.2) is 11.4 Å². The number of nitrogens with zero attached hydrogens (tertiary/aromatic N) is 1. The summed E-state index contributed by atoms with van der Waals surface area (Å²) in [5, 5.41) is 11.7. The number of hydrogen-bond donors (Lipinski definition) is 1. The fourth-order valence-electron chi connectivity index (χ4n) is 4.50. The van der Waals surface area contributed by atoms with E-state index in [1.165, 1.54) is 5.56 Å². The number of rotatable bonds is 7. The molecule has 0 spiro atoms. The first kappa shape index (κ1) is 24.4. The number of aliphatic hydroxyl groups is 1. The molecule has 0 bridgehead atoms. The molecular weight excluding hydrogens is 490 g/mol. The van der Waals surface area contributed by atoms with E-state index in [9.17, 15) is 14.7 Å². The van der Waals surface area contributed by atoms with Crippen molar-refractivity contribution in [1.82, 2.24) is 0 Å². The van der Waals surface area contributed by atoms with E-state index in [4.69, 9.17) is 0 Å². The maximum atomic E-state index is 13.7. The van der Waals surface area contributed by atoms with Crippen molar-refractivity contribution in [2.24, 2.45) is 0 Å². The third-order valence-electron chi connectivity index (χ3n) is 6.76. The van der Waals surface area contributed by atoms with Gasteiger partial charge in [0.1, 0.15) is 0 Å². The van der Waals surface area contributed by atoms with Gasteiger partial charge in [-0.1, -0.05) is 79.2 Å². The van der Waals surface area contributed by atoms with Crippen LogP contribution in [0.5, 0.6) is 0 Å². The van der Waals surface area contributed by atoms with E-state index < -0.39 is 11.5 Å². The van der Waals surface area contributed by atoms with Gasteiger partial charge in [0.2, 0.25) is 0 Å². The number of amides is 1. The minimum Gasteiger partial charge on any atom is -0.375 e. The number of aryl methyl sites for hydroxylation is 2. The zero-order valence-electron chi connectivity index (χ0n) is 20.1. The van der Waals surface area contributed by atoms with E-state index in [1.807, 2.05) is 31.2 Å². The van der Waals surface area contributed by atoms with Gasteiger partial charge >= 0.3 is 0 Å². The zero-order chi connectivity index (χ0) is 24.6. The van der Waals surface area contributed by atoms with Gasteiger partial charge in [-0.15, -0.1) is 0 Å². The van der Waals surface area contributed by atoms with Crippen LogP contribution < -0.4 is 4.90 Å². The van der Waals surface area contributed by atoms with Crippen LogP contribution in [-0.4, -0.2) is 16.8 Å². The quantitative estimate of drug-likeness (QED) is 0.365. The van der Waals surface area contributed by atoms with Gasteiger partial charge < -0.3 is 10.0 Å². The van der Waals surface area contributed by atoms with Crippen molar-refractivity contribution in [2.75, 3.05) is 4.90 Å². The number of benzene rings is 3. The summed E-state index contributed by atoms with van der Waals surface area (Å²) in [6.45, 7) is 8.69. The van der Waals surface area contributed by atoms with Crippen LogP contribution >= 0.6 is 15.9 Å². The maximum Gasteiger partial charge on any atom is 0.264 e. The van der Waals surface area contributed by atoms with Gasteiger partial charge in [-0.3, -0.25) is 9.59 Å². The molecule has 1 aliphatic rings.